The molecule has 1 aromatic carbocycles. The number of aliphatic hydroxyl groups is 1. The minimum absolute atomic E-state index is 0.140. The van der Waals surface area contributed by atoms with E-state index in [0.29, 0.717) is 4.91 Å². The standard InChI is InChI=1S/C14H13NO4S2/c1-8-4-2-3-5-9(8)6-11-12(17)15(14(20)21-11)10(7-16)13(18)19/h2-6,10,16H,7H2,1H3,(H,18,19). The largest absolute Gasteiger partial charge is 0.480 e. The summed E-state index contributed by atoms with van der Waals surface area (Å²) in [5.41, 5.74) is 1.87. The van der Waals surface area contributed by atoms with Crippen molar-refractivity contribution in [2.75, 3.05) is 6.61 Å². The molecule has 110 valence electrons. The van der Waals surface area contributed by atoms with Crippen molar-refractivity contribution >= 4 is 46.3 Å². The van der Waals surface area contributed by atoms with Crippen molar-refractivity contribution in [3.63, 3.8) is 0 Å². The van der Waals surface area contributed by atoms with Gasteiger partial charge in [-0.3, -0.25) is 9.69 Å². The van der Waals surface area contributed by atoms with Gasteiger partial charge in [-0.1, -0.05) is 48.2 Å². The summed E-state index contributed by atoms with van der Waals surface area (Å²) in [7, 11) is 0. The lowest BCUT2D eigenvalue weighted by Crippen LogP contribution is -2.46. The van der Waals surface area contributed by atoms with Crippen molar-refractivity contribution in [3.05, 3.63) is 40.3 Å². The molecule has 1 unspecified atom stereocenters. The number of rotatable bonds is 4. The molecule has 1 aliphatic heterocycles. The first-order valence-corrected chi connectivity index (χ1v) is 7.34. The van der Waals surface area contributed by atoms with E-state index in [1.807, 2.05) is 31.2 Å². The first kappa shape index (κ1) is 15.7. The molecule has 0 radical (unpaired) electrons. The number of nitrogens with zero attached hydrogens (tertiary/aromatic N) is 1. The maximum Gasteiger partial charge on any atom is 0.329 e. The number of thiocarbonyl (C=S) groups is 1. The van der Waals surface area contributed by atoms with E-state index in [0.717, 1.165) is 27.8 Å². The van der Waals surface area contributed by atoms with Crippen LogP contribution in [0, 0.1) is 6.92 Å². The number of benzene rings is 1. The molecule has 0 aliphatic carbocycles. The number of aliphatic carboxylic acids is 1. The molecule has 1 aliphatic rings. The number of carbonyl (C=O) groups is 2. The average Bonchev–Trinajstić information content (AvgIpc) is 2.70. The molecular formula is C14H13NO4S2. The van der Waals surface area contributed by atoms with Crippen LogP contribution in [0.15, 0.2) is 29.2 Å². The van der Waals surface area contributed by atoms with Gasteiger partial charge in [-0.25, -0.2) is 4.79 Å². The Morgan fingerprint density at radius 3 is 2.71 bits per heavy atom. The number of carboxylic acid groups (broad SMARTS) is 1. The van der Waals surface area contributed by atoms with Gasteiger partial charge >= 0.3 is 5.97 Å². The van der Waals surface area contributed by atoms with E-state index in [1.54, 1.807) is 6.08 Å². The van der Waals surface area contributed by atoms with Gasteiger partial charge in [0, 0.05) is 0 Å². The predicted molar refractivity (Wildman–Crippen MR) is 84.7 cm³/mol. The highest BCUT2D eigenvalue weighted by atomic mass is 32.2. The predicted octanol–water partition coefficient (Wildman–Crippen LogP) is 1.64. The molecule has 1 heterocycles. The Balaban J connectivity index is 2.34. The molecule has 5 nitrogen and oxygen atoms in total. The zero-order valence-electron chi connectivity index (χ0n) is 11.1. The number of aryl methyl sites for hydroxylation is 1. The number of hydrogen-bond acceptors (Lipinski definition) is 5. The van der Waals surface area contributed by atoms with Crippen molar-refractivity contribution in [3.8, 4) is 0 Å². The van der Waals surface area contributed by atoms with Gasteiger partial charge in [0.2, 0.25) is 0 Å². The van der Waals surface area contributed by atoms with Gasteiger partial charge < -0.3 is 10.2 Å². The number of amides is 1. The second-order valence-corrected chi connectivity index (χ2v) is 6.12. The fourth-order valence-electron chi connectivity index (χ4n) is 1.91. The van der Waals surface area contributed by atoms with E-state index in [2.05, 4.69) is 0 Å². The van der Waals surface area contributed by atoms with E-state index in [4.69, 9.17) is 22.4 Å². The topological polar surface area (TPSA) is 77.8 Å². The lowest BCUT2D eigenvalue weighted by molar-refractivity contribution is -0.146. The summed E-state index contributed by atoms with van der Waals surface area (Å²) in [4.78, 5) is 24.7. The zero-order valence-corrected chi connectivity index (χ0v) is 12.8. The van der Waals surface area contributed by atoms with Crippen molar-refractivity contribution in [2.24, 2.45) is 0 Å². The van der Waals surface area contributed by atoms with Crippen molar-refractivity contribution in [1.82, 2.24) is 4.90 Å². The van der Waals surface area contributed by atoms with Gasteiger partial charge in [0.15, 0.2) is 6.04 Å². The number of aliphatic hydroxyl groups excluding tert-OH is 1. The summed E-state index contributed by atoms with van der Waals surface area (Å²) < 4.78 is 0.140. The average molecular weight is 323 g/mol. The normalized spacial score (nSPS) is 18.4. The van der Waals surface area contributed by atoms with Crippen LogP contribution in [0.2, 0.25) is 0 Å². The minimum Gasteiger partial charge on any atom is -0.480 e. The first-order valence-electron chi connectivity index (χ1n) is 6.12. The lowest BCUT2D eigenvalue weighted by atomic mass is 10.1. The third kappa shape index (κ3) is 3.15. The van der Waals surface area contributed by atoms with E-state index in [-0.39, 0.29) is 4.32 Å². The first-order chi connectivity index (χ1) is 9.95. The molecule has 1 saturated heterocycles. The maximum absolute atomic E-state index is 12.3. The lowest BCUT2D eigenvalue weighted by Gasteiger charge is -2.20. The Kier molecular flexibility index (Phi) is 4.76. The van der Waals surface area contributed by atoms with Crippen LogP contribution in [0.5, 0.6) is 0 Å². The van der Waals surface area contributed by atoms with Crippen LogP contribution in [-0.2, 0) is 9.59 Å². The Morgan fingerprint density at radius 1 is 1.48 bits per heavy atom. The third-order valence-electron chi connectivity index (χ3n) is 3.07. The molecule has 21 heavy (non-hydrogen) atoms. The smallest absolute Gasteiger partial charge is 0.329 e. The van der Waals surface area contributed by atoms with Crippen LogP contribution in [0.1, 0.15) is 11.1 Å². The number of carbonyl (C=O) groups excluding carboxylic acids is 1. The van der Waals surface area contributed by atoms with Gasteiger partial charge in [-0.2, -0.15) is 0 Å². The Morgan fingerprint density at radius 2 is 2.14 bits per heavy atom. The van der Waals surface area contributed by atoms with E-state index in [9.17, 15) is 9.59 Å². The Labute approximate surface area is 131 Å². The highest BCUT2D eigenvalue weighted by Crippen LogP contribution is 2.34. The van der Waals surface area contributed by atoms with Crippen LogP contribution in [0.25, 0.3) is 6.08 Å². The van der Waals surface area contributed by atoms with Gasteiger partial charge in [-0.15, -0.1) is 0 Å². The van der Waals surface area contributed by atoms with Crippen LogP contribution >= 0.6 is 24.0 Å². The van der Waals surface area contributed by atoms with Gasteiger partial charge in [-0.05, 0) is 24.1 Å². The number of carboxylic acids is 1. The van der Waals surface area contributed by atoms with E-state index >= 15 is 0 Å². The summed E-state index contributed by atoms with van der Waals surface area (Å²) in [5, 5.41) is 18.2. The molecule has 0 spiro atoms. The fourth-order valence-corrected chi connectivity index (χ4v) is 3.26. The molecular weight excluding hydrogens is 310 g/mol. The monoisotopic (exact) mass is 323 g/mol. The summed E-state index contributed by atoms with van der Waals surface area (Å²) in [6.45, 7) is 1.24. The quantitative estimate of drug-likeness (QED) is 0.648. The number of hydrogen-bond donors (Lipinski definition) is 2. The molecule has 2 N–H and O–H groups in total. The van der Waals surface area contributed by atoms with Crippen molar-refractivity contribution in [2.45, 2.75) is 13.0 Å². The molecule has 1 atom stereocenters. The van der Waals surface area contributed by atoms with Crippen LogP contribution in [0.4, 0.5) is 0 Å². The van der Waals surface area contributed by atoms with Crippen molar-refractivity contribution < 1.29 is 19.8 Å². The fraction of sp³-hybridized carbons (Fsp3) is 0.214. The summed E-state index contributed by atoms with van der Waals surface area (Å²) >= 11 is 6.10. The number of thioether (sulfide) groups is 1. The molecule has 0 bridgehead atoms. The molecule has 2 rings (SSSR count). The van der Waals surface area contributed by atoms with E-state index in [1.165, 1.54) is 0 Å². The summed E-state index contributed by atoms with van der Waals surface area (Å²) in [6, 6.07) is 6.18. The Hall–Kier alpha value is -1.70. The molecule has 1 fully saturated rings. The van der Waals surface area contributed by atoms with Gasteiger partial charge in [0.1, 0.15) is 4.32 Å². The molecule has 7 heteroatoms. The maximum atomic E-state index is 12.3. The van der Waals surface area contributed by atoms with Crippen molar-refractivity contribution in [1.29, 1.82) is 0 Å². The minimum atomic E-state index is -1.35. The highest BCUT2D eigenvalue weighted by Gasteiger charge is 2.40. The van der Waals surface area contributed by atoms with Gasteiger partial charge in [0.05, 0.1) is 11.5 Å². The van der Waals surface area contributed by atoms with Crippen LogP contribution in [-0.4, -0.2) is 44.0 Å². The zero-order chi connectivity index (χ0) is 15.6. The molecule has 1 aromatic rings. The van der Waals surface area contributed by atoms with Gasteiger partial charge in [0.25, 0.3) is 5.91 Å². The third-order valence-corrected chi connectivity index (χ3v) is 4.40. The van der Waals surface area contributed by atoms with Crippen LogP contribution in [0.3, 0.4) is 0 Å². The molecule has 0 aromatic heterocycles. The van der Waals surface area contributed by atoms with E-state index < -0.39 is 24.5 Å². The summed E-state index contributed by atoms with van der Waals surface area (Å²) in [6.07, 6.45) is 1.69. The molecule has 1 amide bonds. The van der Waals surface area contributed by atoms with Crippen LogP contribution < -0.4 is 0 Å². The Bertz CT molecular complexity index is 642. The SMILES string of the molecule is Cc1ccccc1C=C1SC(=S)N(C(CO)C(=O)O)C1=O. The highest BCUT2D eigenvalue weighted by molar-refractivity contribution is 8.26. The second kappa shape index (κ2) is 6.38. The summed E-state index contributed by atoms with van der Waals surface area (Å²) in [5.74, 6) is -1.78. The molecule has 0 saturated carbocycles. The second-order valence-electron chi connectivity index (χ2n) is 4.44.